The van der Waals surface area contributed by atoms with Crippen LogP contribution in [0.15, 0.2) is 28.2 Å². The highest BCUT2D eigenvalue weighted by atomic mass is 32.1. The molecule has 0 saturated carbocycles. The summed E-state index contributed by atoms with van der Waals surface area (Å²) < 4.78 is 5.43. The van der Waals surface area contributed by atoms with Crippen molar-refractivity contribution >= 4 is 17.2 Å². The first-order valence-corrected chi connectivity index (χ1v) is 8.33. The summed E-state index contributed by atoms with van der Waals surface area (Å²) in [4.78, 5) is 19.2. The topological polar surface area (TPSA) is 72.4 Å². The van der Waals surface area contributed by atoms with Crippen molar-refractivity contribution in [1.29, 1.82) is 0 Å². The van der Waals surface area contributed by atoms with Crippen LogP contribution in [0.3, 0.4) is 0 Å². The predicted molar refractivity (Wildman–Crippen MR) is 88.6 cm³/mol. The van der Waals surface area contributed by atoms with Gasteiger partial charge in [0.15, 0.2) is 0 Å². The fourth-order valence-electron chi connectivity index (χ4n) is 1.99. The van der Waals surface area contributed by atoms with Crippen molar-refractivity contribution < 1.29 is 9.21 Å². The summed E-state index contributed by atoms with van der Waals surface area (Å²) in [6.45, 7) is 4.84. The second kappa shape index (κ2) is 7.56. The summed E-state index contributed by atoms with van der Waals surface area (Å²) >= 11 is 1.56. The predicted octanol–water partition coefficient (Wildman–Crippen LogP) is 2.78. The Morgan fingerprint density at radius 2 is 2.27 bits per heavy atom. The molecule has 22 heavy (non-hydrogen) atoms. The summed E-state index contributed by atoms with van der Waals surface area (Å²) in [6, 6.07) is 4.01. The second-order valence-corrected chi connectivity index (χ2v) is 6.76. The SMILES string of the molecule is CC(C)C(N)CCN(C)C(=O)Cc1coc(-c2cccs2)n1. The molecule has 2 aromatic rings. The molecular formula is C16H23N3O2S. The van der Waals surface area contributed by atoms with E-state index in [2.05, 4.69) is 18.8 Å². The van der Waals surface area contributed by atoms with Crippen LogP contribution in [0.2, 0.25) is 0 Å². The van der Waals surface area contributed by atoms with E-state index < -0.39 is 0 Å². The molecule has 120 valence electrons. The lowest BCUT2D eigenvalue weighted by Crippen LogP contribution is -2.35. The van der Waals surface area contributed by atoms with E-state index in [1.54, 1.807) is 29.5 Å². The molecule has 0 aliphatic heterocycles. The molecular weight excluding hydrogens is 298 g/mol. The van der Waals surface area contributed by atoms with Crippen LogP contribution in [-0.4, -0.2) is 35.4 Å². The Labute approximate surface area is 135 Å². The van der Waals surface area contributed by atoms with E-state index in [0.717, 1.165) is 11.3 Å². The Morgan fingerprint density at radius 1 is 1.50 bits per heavy atom. The number of nitrogens with two attached hydrogens (primary N) is 1. The lowest BCUT2D eigenvalue weighted by atomic mass is 10.0. The number of likely N-dealkylation sites (N-methyl/N-ethyl adjacent to an activating group) is 1. The largest absolute Gasteiger partial charge is 0.444 e. The number of thiophene rings is 1. The monoisotopic (exact) mass is 321 g/mol. The lowest BCUT2D eigenvalue weighted by Gasteiger charge is -2.21. The van der Waals surface area contributed by atoms with Gasteiger partial charge in [-0.3, -0.25) is 4.79 Å². The minimum absolute atomic E-state index is 0.0296. The first-order chi connectivity index (χ1) is 10.5. The van der Waals surface area contributed by atoms with Gasteiger partial charge >= 0.3 is 0 Å². The number of hydrogen-bond donors (Lipinski definition) is 1. The van der Waals surface area contributed by atoms with Crippen LogP contribution >= 0.6 is 11.3 Å². The minimum atomic E-state index is 0.0296. The van der Waals surface area contributed by atoms with E-state index in [0.29, 0.717) is 24.0 Å². The molecule has 0 fully saturated rings. The van der Waals surface area contributed by atoms with Gasteiger partial charge in [-0.15, -0.1) is 11.3 Å². The fourth-order valence-corrected chi connectivity index (χ4v) is 2.65. The molecule has 1 unspecified atom stereocenters. The molecule has 2 heterocycles. The highest BCUT2D eigenvalue weighted by Crippen LogP contribution is 2.23. The molecule has 0 aliphatic rings. The van der Waals surface area contributed by atoms with Crippen LogP contribution in [0, 0.1) is 5.92 Å². The highest BCUT2D eigenvalue weighted by molar-refractivity contribution is 7.13. The number of carbonyl (C=O) groups excluding carboxylic acids is 1. The van der Waals surface area contributed by atoms with Crippen LogP contribution in [0.5, 0.6) is 0 Å². The van der Waals surface area contributed by atoms with Crippen LogP contribution in [-0.2, 0) is 11.2 Å². The normalized spacial score (nSPS) is 12.6. The van der Waals surface area contributed by atoms with E-state index in [1.807, 2.05) is 17.5 Å². The molecule has 2 aromatic heterocycles. The Morgan fingerprint density at radius 3 is 2.91 bits per heavy atom. The van der Waals surface area contributed by atoms with E-state index in [9.17, 15) is 4.79 Å². The number of carbonyl (C=O) groups is 1. The summed E-state index contributed by atoms with van der Waals surface area (Å²) in [5.74, 6) is 1.02. The molecule has 0 radical (unpaired) electrons. The number of hydrogen-bond acceptors (Lipinski definition) is 5. The average molecular weight is 321 g/mol. The molecule has 0 spiro atoms. The van der Waals surface area contributed by atoms with Gasteiger partial charge in [-0.1, -0.05) is 19.9 Å². The summed E-state index contributed by atoms with van der Waals surface area (Å²) in [7, 11) is 1.80. The van der Waals surface area contributed by atoms with Crippen molar-refractivity contribution in [2.75, 3.05) is 13.6 Å². The first kappa shape index (κ1) is 16.7. The summed E-state index contributed by atoms with van der Waals surface area (Å²) in [5.41, 5.74) is 6.67. The van der Waals surface area contributed by atoms with E-state index in [1.165, 1.54) is 0 Å². The standard InChI is InChI=1S/C16H23N3O2S/c1-11(2)13(17)6-7-19(3)15(20)9-12-10-21-16(18-12)14-5-4-8-22-14/h4-5,8,10-11,13H,6-7,9,17H2,1-3H3. The van der Waals surface area contributed by atoms with Crippen LogP contribution in [0.25, 0.3) is 10.8 Å². The van der Waals surface area contributed by atoms with Crippen LogP contribution in [0.4, 0.5) is 0 Å². The third kappa shape index (κ3) is 4.42. The molecule has 2 rings (SSSR count). The molecule has 0 aromatic carbocycles. The first-order valence-electron chi connectivity index (χ1n) is 7.45. The van der Waals surface area contributed by atoms with E-state index in [4.69, 9.17) is 10.2 Å². The molecule has 6 heteroatoms. The molecule has 1 atom stereocenters. The minimum Gasteiger partial charge on any atom is -0.444 e. The molecule has 2 N–H and O–H groups in total. The quantitative estimate of drug-likeness (QED) is 0.851. The van der Waals surface area contributed by atoms with Crippen molar-refractivity contribution in [3.05, 3.63) is 29.5 Å². The lowest BCUT2D eigenvalue weighted by molar-refractivity contribution is -0.129. The van der Waals surface area contributed by atoms with Gasteiger partial charge in [0.25, 0.3) is 0 Å². The smallest absolute Gasteiger partial charge is 0.236 e. The Balaban J connectivity index is 1.86. The second-order valence-electron chi connectivity index (χ2n) is 5.81. The van der Waals surface area contributed by atoms with Gasteiger partial charge in [0.1, 0.15) is 6.26 Å². The maximum Gasteiger partial charge on any atom is 0.236 e. The molecule has 0 aliphatic carbocycles. The number of nitrogens with zero attached hydrogens (tertiary/aromatic N) is 2. The van der Waals surface area contributed by atoms with Crippen molar-refractivity contribution in [2.24, 2.45) is 11.7 Å². The summed E-state index contributed by atoms with van der Waals surface area (Å²) in [6.07, 6.45) is 2.61. The van der Waals surface area contributed by atoms with Gasteiger partial charge < -0.3 is 15.1 Å². The van der Waals surface area contributed by atoms with E-state index in [-0.39, 0.29) is 18.4 Å². The van der Waals surface area contributed by atoms with Gasteiger partial charge in [-0.25, -0.2) is 4.98 Å². The van der Waals surface area contributed by atoms with Gasteiger partial charge in [-0.05, 0) is 23.8 Å². The maximum atomic E-state index is 12.2. The molecule has 0 bridgehead atoms. The highest BCUT2D eigenvalue weighted by Gasteiger charge is 2.16. The van der Waals surface area contributed by atoms with E-state index >= 15 is 0 Å². The average Bonchev–Trinajstić information content (AvgIpc) is 3.14. The number of amides is 1. The zero-order chi connectivity index (χ0) is 16.1. The summed E-state index contributed by atoms with van der Waals surface area (Å²) in [5, 5.41) is 1.97. The van der Waals surface area contributed by atoms with Gasteiger partial charge in [0.2, 0.25) is 11.8 Å². The zero-order valence-corrected chi connectivity index (χ0v) is 14.1. The molecule has 1 amide bonds. The fraction of sp³-hybridized carbons (Fsp3) is 0.500. The van der Waals surface area contributed by atoms with Crippen LogP contribution < -0.4 is 5.73 Å². The van der Waals surface area contributed by atoms with Crippen molar-refractivity contribution in [2.45, 2.75) is 32.7 Å². The maximum absolute atomic E-state index is 12.2. The number of oxazole rings is 1. The third-order valence-corrected chi connectivity index (χ3v) is 4.55. The number of aromatic nitrogens is 1. The Bertz CT molecular complexity index is 592. The Kier molecular flexibility index (Phi) is 5.74. The third-order valence-electron chi connectivity index (χ3n) is 3.70. The Hall–Kier alpha value is -1.66. The van der Waals surface area contributed by atoms with Crippen molar-refractivity contribution in [3.63, 3.8) is 0 Å². The number of rotatable bonds is 7. The van der Waals surface area contributed by atoms with Gasteiger partial charge in [0, 0.05) is 19.6 Å². The van der Waals surface area contributed by atoms with Gasteiger partial charge in [0.05, 0.1) is 17.0 Å². The van der Waals surface area contributed by atoms with Crippen molar-refractivity contribution in [3.8, 4) is 10.8 Å². The molecule has 5 nitrogen and oxygen atoms in total. The van der Waals surface area contributed by atoms with Crippen molar-refractivity contribution in [1.82, 2.24) is 9.88 Å². The zero-order valence-electron chi connectivity index (χ0n) is 13.3. The van der Waals surface area contributed by atoms with Crippen LogP contribution in [0.1, 0.15) is 26.0 Å². The molecule has 0 saturated heterocycles. The van der Waals surface area contributed by atoms with Gasteiger partial charge in [-0.2, -0.15) is 0 Å².